The highest BCUT2D eigenvalue weighted by molar-refractivity contribution is 5.79. The van der Waals surface area contributed by atoms with Crippen molar-refractivity contribution in [3.05, 3.63) is 51.8 Å². The molecule has 2 aromatic heterocycles. The van der Waals surface area contributed by atoms with Crippen LogP contribution in [0.15, 0.2) is 30.3 Å². The molecule has 0 saturated carbocycles. The number of nitrogens with one attached hydrogen (secondary N) is 2. The number of non-ortho nitro benzene ring substituents is 1. The van der Waals surface area contributed by atoms with E-state index in [4.69, 9.17) is 0 Å². The van der Waals surface area contributed by atoms with Crippen molar-refractivity contribution in [1.29, 1.82) is 0 Å². The zero-order chi connectivity index (χ0) is 14.3. The number of H-pyrrole nitrogens is 1. The van der Waals surface area contributed by atoms with Gasteiger partial charge in [0.1, 0.15) is 0 Å². The van der Waals surface area contributed by atoms with E-state index in [-0.39, 0.29) is 5.69 Å². The van der Waals surface area contributed by atoms with Crippen LogP contribution in [0.4, 0.5) is 11.6 Å². The molecule has 1 aromatic carbocycles. The normalized spacial score (nSPS) is 10.9. The lowest BCUT2D eigenvalue weighted by Gasteiger charge is -2.09. The minimum absolute atomic E-state index is 0.0426. The number of anilines is 1. The Kier molecular flexibility index (Phi) is 2.67. The third-order valence-electron chi connectivity index (χ3n) is 3.17. The summed E-state index contributed by atoms with van der Waals surface area (Å²) in [5.74, 6) is 0.544. The zero-order valence-electron chi connectivity index (χ0n) is 11.0. The van der Waals surface area contributed by atoms with Crippen LogP contribution in [0.1, 0.15) is 11.4 Å². The van der Waals surface area contributed by atoms with Crippen molar-refractivity contribution in [1.82, 2.24) is 14.6 Å². The lowest BCUT2D eigenvalue weighted by atomic mass is 10.3. The molecule has 3 aromatic rings. The van der Waals surface area contributed by atoms with Crippen LogP contribution in [0.25, 0.3) is 11.0 Å². The van der Waals surface area contributed by atoms with Crippen molar-refractivity contribution < 1.29 is 4.92 Å². The van der Waals surface area contributed by atoms with Crippen LogP contribution in [0.3, 0.4) is 0 Å². The van der Waals surface area contributed by atoms with E-state index in [0.717, 1.165) is 11.4 Å². The molecule has 0 aliphatic carbocycles. The number of aromatic amines is 1. The van der Waals surface area contributed by atoms with E-state index in [9.17, 15) is 10.1 Å². The van der Waals surface area contributed by atoms with Crippen LogP contribution >= 0.6 is 0 Å². The maximum absolute atomic E-state index is 10.7. The van der Waals surface area contributed by atoms with Gasteiger partial charge in [0.15, 0.2) is 0 Å². The van der Waals surface area contributed by atoms with Crippen LogP contribution < -0.4 is 5.43 Å². The first-order chi connectivity index (χ1) is 9.54. The average molecular weight is 271 g/mol. The Morgan fingerprint density at radius 1 is 1.25 bits per heavy atom. The molecule has 0 aliphatic heterocycles. The Labute approximate surface area is 114 Å². The molecule has 7 nitrogen and oxygen atoms in total. The van der Waals surface area contributed by atoms with Crippen molar-refractivity contribution in [2.24, 2.45) is 0 Å². The van der Waals surface area contributed by atoms with Crippen molar-refractivity contribution in [3.63, 3.8) is 0 Å². The summed E-state index contributed by atoms with van der Waals surface area (Å²) >= 11 is 0. The van der Waals surface area contributed by atoms with Crippen LogP contribution in [0.2, 0.25) is 0 Å². The Morgan fingerprint density at radius 2 is 1.95 bits per heavy atom. The van der Waals surface area contributed by atoms with Crippen molar-refractivity contribution >= 4 is 22.7 Å². The predicted molar refractivity (Wildman–Crippen MR) is 75.7 cm³/mol. The number of hydrogen-bond acceptors (Lipinski definition) is 4. The summed E-state index contributed by atoms with van der Waals surface area (Å²) in [6.07, 6.45) is 0. The van der Waals surface area contributed by atoms with E-state index in [1.54, 1.807) is 6.07 Å². The first kappa shape index (κ1) is 12.2. The third kappa shape index (κ3) is 1.99. The monoisotopic (exact) mass is 271 g/mol. The van der Waals surface area contributed by atoms with Crippen molar-refractivity contribution in [2.75, 3.05) is 5.43 Å². The van der Waals surface area contributed by atoms with Gasteiger partial charge in [-0.15, -0.1) is 0 Å². The molecular formula is C13H13N5O2. The van der Waals surface area contributed by atoms with E-state index in [1.807, 2.05) is 30.7 Å². The summed E-state index contributed by atoms with van der Waals surface area (Å²) in [6, 6.07) is 8.54. The van der Waals surface area contributed by atoms with Gasteiger partial charge in [-0.1, -0.05) is 0 Å². The van der Waals surface area contributed by atoms with E-state index in [0.29, 0.717) is 17.0 Å². The second-order valence-corrected chi connectivity index (χ2v) is 4.61. The van der Waals surface area contributed by atoms with Gasteiger partial charge >= 0.3 is 0 Å². The number of imidazole rings is 1. The minimum atomic E-state index is -0.423. The minimum Gasteiger partial charge on any atom is -0.323 e. The Balaban J connectivity index is 1.99. The Morgan fingerprint density at radius 3 is 2.60 bits per heavy atom. The lowest BCUT2D eigenvalue weighted by Crippen LogP contribution is -2.13. The number of aryl methyl sites for hydroxylation is 2. The second kappa shape index (κ2) is 4.37. The van der Waals surface area contributed by atoms with E-state index >= 15 is 0 Å². The molecule has 0 aliphatic rings. The molecule has 3 rings (SSSR count). The molecule has 0 saturated heterocycles. The molecule has 0 atom stereocenters. The molecule has 0 unspecified atom stereocenters. The summed E-state index contributed by atoms with van der Waals surface area (Å²) in [5, 5.41) is 10.7. The smallest absolute Gasteiger partial charge is 0.271 e. The molecule has 0 amide bonds. The fourth-order valence-electron chi connectivity index (χ4n) is 2.11. The van der Waals surface area contributed by atoms with Crippen LogP contribution in [-0.4, -0.2) is 19.6 Å². The van der Waals surface area contributed by atoms with Gasteiger partial charge in [0.2, 0.25) is 5.95 Å². The Bertz CT molecular complexity index is 783. The van der Waals surface area contributed by atoms with Gasteiger partial charge in [-0.3, -0.25) is 20.2 Å². The molecule has 102 valence electrons. The van der Waals surface area contributed by atoms with Gasteiger partial charge in [0, 0.05) is 23.5 Å². The predicted octanol–water partition coefficient (Wildman–Crippen LogP) is 2.76. The number of nitro benzene ring substituents is 1. The van der Waals surface area contributed by atoms with E-state index < -0.39 is 4.92 Å². The number of aromatic nitrogens is 3. The molecule has 20 heavy (non-hydrogen) atoms. The summed E-state index contributed by atoms with van der Waals surface area (Å²) in [4.78, 5) is 17.7. The highest BCUT2D eigenvalue weighted by Gasteiger charge is 2.10. The highest BCUT2D eigenvalue weighted by Crippen LogP contribution is 2.21. The molecule has 0 fully saturated rings. The highest BCUT2D eigenvalue weighted by atomic mass is 16.6. The van der Waals surface area contributed by atoms with Crippen LogP contribution in [0, 0.1) is 24.0 Å². The zero-order valence-corrected chi connectivity index (χ0v) is 11.0. The molecule has 2 N–H and O–H groups in total. The number of nitrogens with zero attached hydrogens (tertiary/aromatic N) is 3. The molecule has 0 radical (unpaired) electrons. The number of fused-ring (bicyclic) bond motifs is 1. The van der Waals surface area contributed by atoms with Crippen LogP contribution in [-0.2, 0) is 0 Å². The quantitative estimate of drug-likeness (QED) is 0.566. The molecule has 7 heteroatoms. The molecule has 2 heterocycles. The largest absolute Gasteiger partial charge is 0.323 e. The summed E-state index contributed by atoms with van der Waals surface area (Å²) in [7, 11) is 0. The molecule has 0 bridgehead atoms. The fourth-order valence-corrected chi connectivity index (χ4v) is 2.11. The maximum Gasteiger partial charge on any atom is 0.271 e. The van der Waals surface area contributed by atoms with Gasteiger partial charge in [-0.25, -0.2) is 4.98 Å². The van der Waals surface area contributed by atoms with Gasteiger partial charge in [0.05, 0.1) is 16.0 Å². The Hall–Kier alpha value is -2.83. The van der Waals surface area contributed by atoms with Gasteiger partial charge in [-0.2, -0.15) is 0 Å². The van der Waals surface area contributed by atoms with Gasteiger partial charge < -0.3 is 4.98 Å². The van der Waals surface area contributed by atoms with Gasteiger partial charge in [-0.05, 0) is 32.0 Å². The lowest BCUT2D eigenvalue weighted by molar-refractivity contribution is -0.384. The van der Waals surface area contributed by atoms with E-state index in [1.165, 1.54) is 12.1 Å². The maximum atomic E-state index is 10.7. The standard InChI is InChI=1S/C13H13N5O2/c1-8-3-4-9(2)17(8)16-13-14-11-6-5-10(18(19)20)7-12(11)15-13/h3-7H,1-2H3,(H2,14,15,16). The molecular weight excluding hydrogens is 258 g/mol. The number of nitro groups is 1. The number of rotatable bonds is 3. The SMILES string of the molecule is Cc1ccc(C)n1Nc1nc2ccc([N+](=O)[O-])cc2[nH]1. The fraction of sp³-hybridized carbons (Fsp3) is 0.154. The van der Waals surface area contributed by atoms with Crippen LogP contribution in [0.5, 0.6) is 0 Å². The first-order valence-electron chi connectivity index (χ1n) is 6.11. The number of hydrogen-bond donors (Lipinski definition) is 2. The second-order valence-electron chi connectivity index (χ2n) is 4.61. The third-order valence-corrected chi connectivity index (χ3v) is 3.17. The first-order valence-corrected chi connectivity index (χ1v) is 6.11. The summed E-state index contributed by atoms with van der Waals surface area (Å²) < 4.78 is 1.89. The van der Waals surface area contributed by atoms with E-state index in [2.05, 4.69) is 15.4 Å². The summed E-state index contributed by atoms with van der Waals surface area (Å²) in [6.45, 7) is 3.96. The summed E-state index contributed by atoms with van der Waals surface area (Å²) in [5.41, 5.74) is 6.59. The van der Waals surface area contributed by atoms with Gasteiger partial charge in [0.25, 0.3) is 5.69 Å². The average Bonchev–Trinajstić information content (AvgIpc) is 2.95. The van der Waals surface area contributed by atoms with Crippen molar-refractivity contribution in [3.8, 4) is 0 Å². The number of benzene rings is 1. The van der Waals surface area contributed by atoms with Crippen molar-refractivity contribution in [2.45, 2.75) is 13.8 Å². The topological polar surface area (TPSA) is 88.8 Å². The molecule has 0 spiro atoms.